The summed E-state index contributed by atoms with van der Waals surface area (Å²) in [4.78, 5) is 0. The first-order chi connectivity index (χ1) is 38.2. The third-order valence-corrected chi connectivity index (χ3v) is 18.7. The first-order valence-electron chi connectivity index (χ1n) is 27.7. The van der Waals surface area contributed by atoms with Gasteiger partial charge in [0.2, 0.25) is 0 Å². The van der Waals surface area contributed by atoms with E-state index in [1.54, 1.807) is 0 Å². The molecule has 17 rings (SSSR count). The van der Waals surface area contributed by atoms with Gasteiger partial charge in [-0.25, -0.2) is 0 Å². The van der Waals surface area contributed by atoms with Crippen LogP contribution in [0, 0.1) is 0 Å². The van der Waals surface area contributed by atoms with Crippen LogP contribution < -0.4 is 0 Å². The maximum Gasteiger partial charge on any atom is 0.0159 e. The molecule has 3 aliphatic rings. The molecule has 0 bridgehead atoms. The number of rotatable bonds is 4. The fraction of sp³-hybridized carbons (Fsp3) is 0.0769. The molecule has 3 aliphatic carbocycles. The highest BCUT2D eigenvalue weighted by Crippen LogP contribution is 2.60. The molecular formula is C78H52. The maximum absolute atomic E-state index is 2.55. The van der Waals surface area contributed by atoms with Crippen LogP contribution in [0.15, 0.2) is 243 Å². The second-order valence-electron chi connectivity index (χ2n) is 23.4. The summed E-state index contributed by atoms with van der Waals surface area (Å²) < 4.78 is 0. The monoisotopic (exact) mass is 988 g/mol. The van der Waals surface area contributed by atoms with Crippen molar-refractivity contribution in [2.75, 3.05) is 0 Å². The molecule has 0 fully saturated rings. The van der Waals surface area contributed by atoms with Crippen molar-refractivity contribution < 1.29 is 0 Å². The zero-order chi connectivity index (χ0) is 51.8. The van der Waals surface area contributed by atoms with Gasteiger partial charge in [-0.1, -0.05) is 234 Å². The standard InChI is InChI=1S/C78H52/c1-77(2)68-41-48(66-39-46-17-5-7-21-52(46)54-23-9-11-25-56(54)66)31-35-58(68)60-37-33-50(43-70(60)77)73-62-27-13-14-28-63(62)74(76-65-30-16-20-45-19-15-29-64(72(45)65)75(73)76)51-34-38-61-59-36-32-49(42-69(59)78(3,4)71(61)44-51)67-40-47-18-6-8-22-53(47)55-24-10-12-26-57(55)67/h5-44H,1-4H3. The Morgan fingerprint density at radius 1 is 0.205 bits per heavy atom. The van der Waals surface area contributed by atoms with Crippen LogP contribution in [0.2, 0.25) is 0 Å². The molecule has 0 amide bonds. The zero-order valence-corrected chi connectivity index (χ0v) is 44.1. The molecule has 14 aromatic carbocycles. The number of hydrogen-bond donors (Lipinski definition) is 0. The van der Waals surface area contributed by atoms with E-state index in [1.807, 2.05) is 0 Å². The van der Waals surface area contributed by atoms with Gasteiger partial charge in [-0.05, 0) is 212 Å². The van der Waals surface area contributed by atoms with Crippen molar-refractivity contribution in [2.24, 2.45) is 0 Å². The Hall–Kier alpha value is -9.36. The Morgan fingerprint density at radius 2 is 0.526 bits per heavy atom. The third kappa shape index (κ3) is 5.84. The van der Waals surface area contributed by atoms with Gasteiger partial charge in [-0.3, -0.25) is 0 Å². The van der Waals surface area contributed by atoms with Crippen LogP contribution in [0.4, 0.5) is 0 Å². The van der Waals surface area contributed by atoms with E-state index >= 15 is 0 Å². The summed E-state index contributed by atoms with van der Waals surface area (Å²) in [6.07, 6.45) is 0. The summed E-state index contributed by atoms with van der Waals surface area (Å²) in [5, 5.41) is 15.5. The predicted octanol–water partition coefficient (Wildman–Crippen LogP) is 21.5. The maximum atomic E-state index is 2.55. The molecule has 0 nitrogen and oxygen atoms in total. The van der Waals surface area contributed by atoms with Crippen molar-refractivity contribution >= 4 is 64.6 Å². The van der Waals surface area contributed by atoms with Crippen molar-refractivity contribution in [3.8, 4) is 89.0 Å². The van der Waals surface area contributed by atoms with Crippen molar-refractivity contribution in [1.82, 2.24) is 0 Å². The van der Waals surface area contributed by atoms with E-state index in [0.717, 1.165) is 0 Å². The normalized spacial score (nSPS) is 14.1. The van der Waals surface area contributed by atoms with Crippen LogP contribution in [-0.4, -0.2) is 0 Å². The van der Waals surface area contributed by atoms with Gasteiger partial charge in [0.15, 0.2) is 0 Å². The van der Waals surface area contributed by atoms with Crippen LogP contribution in [0.3, 0.4) is 0 Å². The highest BCUT2D eigenvalue weighted by molar-refractivity contribution is 6.28. The smallest absolute Gasteiger partial charge is 0.0159 e. The van der Waals surface area contributed by atoms with Crippen LogP contribution in [0.5, 0.6) is 0 Å². The number of hydrogen-bond acceptors (Lipinski definition) is 0. The molecule has 0 saturated carbocycles. The minimum Gasteiger partial charge on any atom is -0.0616 e. The molecule has 0 saturated heterocycles. The fourth-order valence-electron chi connectivity index (χ4n) is 15.0. The van der Waals surface area contributed by atoms with Crippen LogP contribution in [0.1, 0.15) is 49.9 Å². The van der Waals surface area contributed by atoms with Crippen LogP contribution in [-0.2, 0) is 10.8 Å². The minimum absolute atomic E-state index is 0.232. The van der Waals surface area contributed by atoms with E-state index in [0.29, 0.717) is 0 Å². The highest BCUT2D eigenvalue weighted by Gasteiger charge is 2.39. The summed E-state index contributed by atoms with van der Waals surface area (Å²) in [6.45, 7) is 9.75. The molecule has 0 aromatic heterocycles. The van der Waals surface area contributed by atoms with Crippen molar-refractivity contribution in [3.63, 3.8) is 0 Å². The Labute approximate surface area is 454 Å². The molecule has 0 heteroatoms. The number of benzene rings is 14. The van der Waals surface area contributed by atoms with Gasteiger partial charge in [0.25, 0.3) is 0 Å². The molecule has 0 heterocycles. The molecule has 78 heavy (non-hydrogen) atoms. The van der Waals surface area contributed by atoms with Crippen LogP contribution >= 0.6 is 0 Å². The van der Waals surface area contributed by atoms with Crippen LogP contribution in [0.25, 0.3) is 154 Å². The van der Waals surface area contributed by atoms with Gasteiger partial charge in [0.1, 0.15) is 0 Å². The molecule has 0 atom stereocenters. The van der Waals surface area contributed by atoms with Gasteiger partial charge in [-0.2, -0.15) is 0 Å². The van der Waals surface area contributed by atoms with Gasteiger partial charge in [0.05, 0.1) is 0 Å². The summed E-state index contributed by atoms with van der Waals surface area (Å²) in [5.41, 5.74) is 25.9. The first kappa shape index (κ1) is 43.8. The second-order valence-corrected chi connectivity index (χ2v) is 23.4. The number of fused-ring (bicyclic) bond motifs is 16. The summed E-state index contributed by atoms with van der Waals surface area (Å²) in [7, 11) is 0. The van der Waals surface area contributed by atoms with E-state index in [2.05, 4.69) is 270 Å². The minimum atomic E-state index is -0.232. The Morgan fingerprint density at radius 3 is 0.936 bits per heavy atom. The first-order valence-corrected chi connectivity index (χ1v) is 27.7. The molecule has 0 aliphatic heterocycles. The summed E-state index contributed by atoms with van der Waals surface area (Å²) >= 11 is 0. The zero-order valence-electron chi connectivity index (χ0n) is 44.1. The van der Waals surface area contributed by atoms with E-state index in [1.165, 1.54) is 176 Å². The lowest BCUT2D eigenvalue weighted by Gasteiger charge is -2.25. The van der Waals surface area contributed by atoms with Gasteiger partial charge in [-0.15, -0.1) is 0 Å². The topological polar surface area (TPSA) is 0 Å². The average Bonchev–Trinajstić information content (AvgIpc) is 4.24. The van der Waals surface area contributed by atoms with Gasteiger partial charge < -0.3 is 0 Å². The lowest BCUT2D eigenvalue weighted by atomic mass is 9.78. The molecule has 14 aromatic rings. The Balaban J connectivity index is 0.830. The SMILES string of the molecule is CC1(C)c2cc(-c3c4c(c(-c5ccc6c(c5)C(C)(C)c5cc(-c7cc8ccccc8c8ccccc78)ccc5-6)c5ccccc35)-c3cccc5cccc-4c35)ccc2-c2ccc(-c3cc4ccccc4c4ccccc34)cc21. The summed E-state index contributed by atoms with van der Waals surface area (Å²) in [6, 6.07) is 92.6. The third-order valence-electron chi connectivity index (χ3n) is 18.7. The van der Waals surface area contributed by atoms with Crippen molar-refractivity contribution in [1.29, 1.82) is 0 Å². The fourth-order valence-corrected chi connectivity index (χ4v) is 15.0. The Bertz CT molecular complexity index is 4710. The van der Waals surface area contributed by atoms with Crippen molar-refractivity contribution in [3.05, 3.63) is 265 Å². The van der Waals surface area contributed by atoms with Crippen molar-refractivity contribution in [2.45, 2.75) is 38.5 Å². The average molecular weight is 989 g/mol. The quantitative estimate of drug-likeness (QED) is 0.154. The van der Waals surface area contributed by atoms with Gasteiger partial charge in [0, 0.05) is 10.8 Å². The van der Waals surface area contributed by atoms with E-state index < -0.39 is 0 Å². The van der Waals surface area contributed by atoms with E-state index in [-0.39, 0.29) is 10.8 Å². The second kappa shape index (κ2) is 15.6. The van der Waals surface area contributed by atoms with Gasteiger partial charge >= 0.3 is 0 Å². The molecule has 0 radical (unpaired) electrons. The van der Waals surface area contributed by atoms with E-state index in [9.17, 15) is 0 Å². The largest absolute Gasteiger partial charge is 0.0616 e. The lowest BCUT2D eigenvalue weighted by Crippen LogP contribution is -2.15. The summed E-state index contributed by atoms with van der Waals surface area (Å²) in [5.74, 6) is 0. The highest BCUT2D eigenvalue weighted by atomic mass is 14.4. The molecule has 364 valence electrons. The Kier molecular flexibility index (Phi) is 8.78. The lowest BCUT2D eigenvalue weighted by molar-refractivity contribution is 0.660. The molecule has 0 N–H and O–H groups in total. The molecule has 0 unspecified atom stereocenters. The predicted molar refractivity (Wildman–Crippen MR) is 333 cm³/mol. The molecular weight excluding hydrogens is 937 g/mol. The molecule has 0 spiro atoms. The van der Waals surface area contributed by atoms with E-state index in [4.69, 9.17) is 0 Å².